The summed E-state index contributed by atoms with van der Waals surface area (Å²) in [5.41, 5.74) is 1.61. The van der Waals surface area contributed by atoms with Crippen molar-refractivity contribution in [3.63, 3.8) is 0 Å². The molecule has 1 aliphatic carbocycles. The molecule has 2 aliphatic rings. The van der Waals surface area contributed by atoms with E-state index in [1.54, 1.807) is 19.9 Å². The number of allylic oxidation sites excluding steroid dienone is 2. The highest BCUT2D eigenvalue weighted by atomic mass is 16.6. The number of nitrogens with zero attached hydrogens (tertiary/aromatic N) is 2. The lowest BCUT2D eigenvalue weighted by Crippen LogP contribution is -2.33. The first-order valence-electron chi connectivity index (χ1n) is 10.5. The fraction of sp³-hybridized carbons (Fsp3) is 0.435. The summed E-state index contributed by atoms with van der Waals surface area (Å²) in [7, 11) is 0. The van der Waals surface area contributed by atoms with E-state index in [1.807, 2.05) is 6.07 Å². The first-order valence-corrected chi connectivity index (χ1v) is 10.5. The van der Waals surface area contributed by atoms with Gasteiger partial charge in [-0.3, -0.25) is 10.1 Å². The Hall–Kier alpha value is -3.67. The summed E-state index contributed by atoms with van der Waals surface area (Å²) in [6.07, 6.45) is 3.37. The van der Waals surface area contributed by atoms with Crippen LogP contribution in [0.15, 0.2) is 46.8 Å². The van der Waals surface area contributed by atoms with Crippen LogP contribution in [-0.2, 0) is 19.1 Å². The Balaban J connectivity index is 2.05. The molecule has 0 spiro atoms. The number of non-ortho nitro benzene ring substituents is 1. The van der Waals surface area contributed by atoms with E-state index in [0.29, 0.717) is 17.0 Å². The Morgan fingerprint density at radius 3 is 2.47 bits per heavy atom. The van der Waals surface area contributed by atoms with Crippen LogP contribution in [0.4, 0.5) is 5.69 Å². The van der Waals surface area contributed by atoms with E-state index in [-0.39, 0.29) is 36.0 Å². The molecule has 1 heterocycles. The number of nitrogens with one attached hydrogen (secondary N) is 1. The summed E-state index contributed by atoms with van der Waals surface area (Å²) in [6, 6.07) is 7.75. The molecule has 1 fully saturated rings. The molecule has 9 nitrogen and oxygen atoms in total. The Morgan fingerprint density at radius 2 is 1.84 bits per heavy atom. The van der Waals surface area contributed by atoms with Crippen molar-refractivity contribution in [1.82, 2.24) is 5.32 Å². The van der Waals surface area contributed by atoms with E-state index in [0.717, 1.165) is 25.7 Å². The number of rotatable bonds is 7. The van der Waals surface area contributed by atoms with Gasteiger partial charge in [0.2, 0.25) is 0 Å². The summed E-state index contributed by atoms with van der Waals surface area (Å²) in [5.74, 6) is -2.16. The molecule has 0 saturated heterocycles. The molecule has 1 aromatic carbocycles. The molecule has 1 atom stereocenters. The van der Waals surface area contributed by atoms with Crippen molar-refractivity contribution in [3.05, 3.63) is 62.5 Å². The number of benzene rings is 1. The van der Waals surface area contributed by atoms with E-state index in [9.17, 15) is 19.7 Å². The van der Waals surface area contributed by atoms with Gasteiger partial charge in [-0.25, -0.2) is 9.59 Å². The molecule has 1 aliphatic heterocycles. The molecule has 1 unspecified atom stereocenters. The average molecular weight is 439 g/mol. The van der Waals surface area contributed by atoms with E-state index in [1.165, 1.54) is 18.2 Å². The predicted molar refractivity (Wildman–Crippen MR) is 114 cm³/mol. The molecule has 0 radical (unpaired) electrons. The molecule has 9 heteroatoms. The van der Waals surface area contributed by atoms with Crippen LogP contribution in [0, 0.1) is 21.4 Å². The Morgan fingerprint density at radius 1 is 1.19 bits per heavy atom. The number of nitro benzene ring substituents is 1. The molecule has 1 aromatic rings. The van der Waals surface area contributed by atoms with Crippen LogP contribution in [-0.4, -0.2) is 29.6 Å². The number of carbonyl (C=O) groups is 2. The molecular formula is C23H25N3O6. The number of esters is 2. The Bertz CT molecular complexity index is 1030. The van der Waals surface area contributed by atoms with Crippen LogP contribution in [0.2, 0.25) is 0 Å². The SMILES string of the molecule is CC1=C(C(=O)OCCC#N)C(c2cccc([N+](=O)[O-])c2)C(C(=O)OC2CCCC2)=C(C)N1. The van der Waals surface area contributed by atoms with E-state index in [4.69, 9.17) is 14.7 Å². The van der Waals surface area contributed by atoms with Gasteiger partial charge in [-0.1, -0.05) is 12.1 Å². The summed E-state index contributed by atoms with van der Waals surface area (Å²) in [5, 5.41) is 23.1. The van der Waals surface area contributed by atoms with Gasteiger partial charge in [0.05, 0.1) is 34.5 Å². The molecule has 0 amide bonds. The molecule has 168 valence electrons. The van der Waals surface area contributed by atoms with E-state index < -0.39 is 22.8 Å². The quantitative estimate of drug-likeness (QED) is 0.294. The lowest BCUT2D eigenvalue weighted by molar-refractivity contribution is -0.384. The number of nitro groups is 1. The van der Waals surface area contributed by atoms with Gasteiger partial charge in [0.25, 0.3) is 5.69 Å². The molecule has 1 N–H and O–H groups in total. The zero-order valence-electron chi connectivity index (χ0n) is 18.1. The van der Waals surface area contributed by atoms with Crippen molar-refractivity contribution in [2.24, 2.45) is 0 Å². The van der Waals surface area contributed by atoms with Crippen molar-refractivity contribution in [3.8, 4) is 6.07 Å². The van der Waals surface area contributed by atoms with Gasteiger partial charge in [-0.05, 0) is 45.1 Å². The molecular weight excluding hydrogens is 414 g/mol. The topological polar surface area (TPSA) is 132 Å². The number of hydrogen-bond acceptors (Lipinski definition) is 8. The van der Waals surface area contributed by atoms with Crippen LogP contribution in [0.25, 0.3) is 0 Å². The lowest BCUT2D eigenvalue weighted by Gasteiger charge is -2.31. The minimum Gasteiger partial charge on any atom is -0.461 e. The third-order valence-corrected chi connectivity index (χ3v) is 5.64. The third kappa shape index (κ3) is 4.97. The molecule has 0 aromatic heterocycles. The zero-order chi connectivity index (χ0) is 23.3. The van der Waals surface area contributed by atoms with Crippen LogP contribution >= 0.6 is 0 Å². The molecule has 32 heavy (non-hydrogen) atoms. The summed E-state index contributed by atoms with van der Waals surface area (Å²) >= 11 is 0. The second-order valence-electron chi connectivity index (χ2n) is 7.84. The van der Waals surface area contributed by atoms with Crippen LogP contribution in [0.3, 0.4) is 0 Å². The van der Waals surface area contributed by atoms with Crippen molar-refractivity contribution in [2.75, 3.05) is 6.61 Å². The number of carbonyl (C=O) groups excluding carboxylic acids is 2. The number of hydrogen-bond donors (Lipinski definition) is 1. The minimum absolute atomic E-state index is 0.0262. The predicted octanol–water partition coefficient (Wildman–Crippen LogP) is 3.77. The monoisotopic (exact) mass is 439 g/mol. The smallest absolute Gasteiger partial charge is 0.337 e. The maximum Gasteiger partial charge on any atom is 0.337 e. The molecule has 0 bridgehead atoms. The normalized spacial score (nSPS) is 18.7. The number of dihydropyridines is 1. The minimum atomic E-state index is -0.903. The van der Waals surface area contributed by atoms with Gasteiger partial charge in [0.1, 0.15) is 12.7 Å². The average Bonchev–Trinajstić information content (AvgIpc) is 3.26. The van der Waals surface area contributed by atoms with Crippen LogP contribution < -0.4 is 5.32 Å². The van der Waals surface area contributed by atoms with E-state index in [2.05, 4.69) is 5.32 Å². The van der Waals surface area contributed by atoms with Gasteiger partial charge in [0, 0.05) is 23.5 Å². The largest absolute Gasteiger partial charge is 0.461 e. The van der Waals surface area contributed by atoms with Crippen LogP contribution in [0.1, 0.15) is 57.4 Å². The Labute approximate surface area is 185 Å². The van der Waals surface area contributed by atoms with Crippen molar-refractivity contribution >= 4 is 17.6 Å². The standard InChI is InChI=1S/C23H25N3O6/c1-14-19(22(27)31-12-6-11-24)21(16-7-5-8-17(13-16)26(29)30)20(15(2)25-14)23(28)32-18-9-3-4-10-18/h5,7-8,13,18,21,25H,3-4,6,9-10,12H2,1-2H3. The van der Waals surface area contributed by atoms with E-state index >= 15 is 0 Å². The first-order chi connectivity index (χ1) is 15.3. The summed E-state index contributed by atoms with van der Waals surface area (Å²) < 4.78 is 11.0. The fourth-order valence-corrected chi connectivity index (χ4v) is 4.17. The van der Waals surface area contributed by atoms with Gasteiger partial charge in [0.15, 0.2) is 0 Å². The van der Waals surface area contributed by atoms with Crippen molar-refractivity contribution in [2.45, 2.75) is 58.0 Å². The van der Waals surface area contributed by atoms with Crippen LogP contribution in [0.5, 0.6) is 0 Å². The van der Waals surface area contributed by atoms with Gasteiger partial charge in [-0.15, -0.1) is 0 Å². The van der Waals surface area contributed by atoms with Crippen molar-refractivity contribution in [1.29, 1.82) is 5.26 Å². The molecule has 1 saturated carbocycles. The number of nitriles is 1. The first kappa shape index (κ1) is 23.0. The maximum absolute atomic E-state index is 13.2. The van der Waals surface area contributed by atoms with Gasteiger partial charge < -0.3 is 14.8 Å². The lowest BCUT2D eigenvalue weighted by atomic mass is 9.80. The van der Waals surface area contributed by atoms with Crippen molar-refractivity contribution < 1.29 is 24.0 Å². The Kier molecular flexibility index (Phi) is 7.25. The maximum atomic E-state index is 13.2. The van der Waals surface area contributed by atoms with Gasteiger partial charge >= 0.3 is 11.9 Å². The highest BCUT2D eigenvalue weighted by Gasteiger charge is 2.39. The molecule has 3 rings (SSSR count). The second kappa shape index (κ2) is 10.1. The second-order valence-corrected chi connectivity index (χ2v) is 7.84. The number of ether oxygens (including phenoxy) is 2. The highest BCUT2D eigenvalue weighted by molar-refractivity contribution is 6.00. The van der Waals surface area contributed by atoms with Gasteiger partial charge in [-0.2, -0.15) is 5.26 Å². The third-order valence-electron chi connectivity index (χ3n) is 5.64. The zero-order valence-corrected chi connectivity index (χ0v) is 18.1. The highest BCUT2D eigenvalue weighted by Crippen LogP contribution is 2.40. The summed E-state index contributed by atoms with van der Waals surface area (Å²) in [4.78, 5) is 37.0. The summed E-state index contributed by atoms with van der Waals surface area (Å²) in [6.45, 7) is 3.28. The fourth-order valence-electron chi connectivity index (χ4n) is 4.17.